The average Bonchev–Trinajstić information content (AvgIpc) is 2.51. The first-order chi connectivity index (χ1) is 9.57. The van der Waals surface area contributed by atoms with Gasteiger partial charge in [0.15, 0.2) is 0 Å². The van der Waals surface area contributed by atoms with Crippen LogP contribution in [0.5, 0.6) is 0 Å². The van der Waals surface area contributed by atoms with Crippen molar-refractivity contribution in [2.24, 2.45) is 22.5 Å². The molecule has 2 nitrogen and oxygen atoms in total. The molecule has 2 aliphatic rings. The van der Waals surface area contributed by atoms with Gasteiger partial charge in [0.2, 0.25) is 0 Å². The summed E-state index contributed by atoms with van der Waals surface area (Å²) in [6.45, 7) is 11.9. The van der Waals surface area contributed by atoms with Crippen LogP contribution in [0.25, 0.3) is 0 Å². The molecule has 20 heavy (non-hydrogen) atoms. The number of nitrogens with two attached hydrogens (primary N) is 1. The van der Waals surface area contributed by atoms with Crippen LogP contribution in [0, 0.1) is 16.7 Å². The Morgan fingerprint density at radius 2 is 1.50 bits per heavy atom. The van der Waals surface area contributed by atoms with E-state index in [9.17, 15) is 0 Å². The summed E-state index contributed by atoms with van der Waals surface area (Å²) in [4.78, 5) is 2.73. The van der Waals surface area contributed by atoms with E-state index in [2.05, 4.69) is 25.7 Å². The lowest BCUT2D eigenvalue weighted by atomic mass is 9.69. The van der Waals surface area contributed by atoms with Crippen molar-refractivity contribution < 1.29 is 0 Å². The zero-order chi connectivity index (χ0) is 14.6. The van der Waals surface area contributed by atoms with Crippen LogP contribution >= 0.6 is 0 Å². The normalized spacial score (nSPS) is 35.1. The van der Waals surface area contributed by atoms with Crippen molar-refractivity contribution in [3.63, 3.8) is 0 Å². The fourth-order valence-corrected chi connectivity index (χ4v) is 4.42. The van der Waals surface area contributed by atoms with Crippen molar-refractivity contribution in [3.05, 3.63) is 0 Å². The zero-order valence-corrected chi connectivity index (χ0v) is 14.1. The van der Waals surface area contributed by atoms with Gasteiger partial charge in [-0.2, -0.15) is 0 Å². The van der Waals surface area contributed by atoms with E-state index < -0.39 is 0 Å². The predicted octanol–water partition coefficient (Wildman–Crippen LogP) is 4.04. The van der Waals surface area contributed by atoms with Gasteiger partial charge in [-0.25, -0.2) is 0 Å². The first kappa shape index (κ1) is 16.3. The van der Waals surface area contributed by atoms with Crippen LogP contribution in [-0.2, 0) is 0 Å². The van der Waals surface area contributed by atoms with Crippen LogP contribution in [0.2, 0.25) is 0 Å². The second-order valence-electron chi connectivity index (χ2n) is 7.87. The van der Waals surface area contributed by atoms with Crippen molar-refractivity contribution in [1.82, 2.24) is 4.90 Å². The lowest BCUT2D eigenvalue weighted by Crippen LogP contribution is -2.48. The summed E-state index contributed by atoms with van der Waals surface area (Å²) in [5.41, 5.74) is 7.26. The highest BCUT2D eigenvalue weighted by Crippen LogP contribution is 2.42. The molecule has 0 unspecified atom stereocenters. The van der Waals surface area contributed by atoms with Gasteiger partial charge in [-0.05, 0) is 62.1 Å². The minimum atomic E-state index is 0.435. The minimum absolute atomic E-state index is 0.435. The second-order valence-corrected chi connectivity index (χ2v) is 7.87. The molecular formula is C18H36N2. The quantitative estimate of drug-likeness (QED) is 0.823. The second kappa shape index (κ2) is 6.79. The Bertz CT molecular complexity index is 278. The summed E-state index contributed by atoms with van der Waals surface area (Å²) in [6.07, 6.45) is 11.0. The van der Waals surface area contributed by atoms with E-state index in [0.717, 1.165) is 12.5 Å². The minimum Gasteiger partial charge on any atom is -0.330 e. The van der Waals surface area contributed by atoms with E-state index in [-0.39, 0.29) is 0 Å². The number of nitrogens with zero attached hydrogens (tertiary/aromatic N) is 1. The summed E-state index contributed by atoms with van der Waals surface area (Å²) in [5, 5.41) is 0. The maximum absolute atomic E-state index is 6.18. The summed E-state index contributed by atoms with van der Waals surface area (Å²) in [5.74, 6) is 0.920. The largest absolute Gasteiger partial charge is 0.330 e. The number of piperidine rings is 1. The Balaban J connectivity index is 1.88. The molecule has 2 N–H and O–H groups in total. The Kier molecular flexibility index (Phi) is 5.53. The van der Waals surface area contributed by atoms with Crippen molar-refractivity contribution in [3.8, 4) is 0 Å². The fourth-order valence-electron chi connectivity index (χ4n) is 4.42. The van der Waals surface area contributed by atoms with E-state index in [0.29, 0.717) is 10.8 Å². The van der Waals surface area contributed by atoms with Crippen molar-refractivity contribution in [1.29, 1.82) is 0 Å². The molecule has 0 atom stereocenters. The zero-order valence-electron chi connectivity index (χ0n) is 14.1. The van der Waals surface area contributed by atoms with Crippen LogP contribution in [-0.4, -0.2) is 31.1 Å². The number of hydrogen-bond donors (Lipinski definition) is 1. The predicted molar refractivity (Wildman–Crippen MR) is 87.8 cm³/mol. The molecule has 1 heterocycles. The molecule has 0 radical (unpaired) electrons. The molecule has 1 saturated heterocycles. The van der Waals surface area contributed by atoms with Crippen LogP contribution < -0.4 is 5.73 Å². The van der Waals surface area contributed by atoms with E-state index in [4.69, 9.17) is 5.73 Å². The highest BCUT2D eigenvalue weighted by molar-refractivity contribution is 4.91. The Morgan fingerprint density at radius 1 is 0.950 bits per heavy atom. The third-order valence-electron chi connectivity index (χ3n) is 6.74. The number of rotatable bonds is 5. The van der Waals surface area contributed by atoms with Crippen molar-refractivity contribution in [2.45, 2.75) is 72.1 Å². The highest BCUT2D eigenvalue weighted by atomic mass is 15.1. The molecule has 0 spiro atoms. The monoisotopic (exact) mass is 280 g/mol. The van der Waals surface area contributed by atoms with Crippen LogP contribution in [0.1, 0.15) is 72.1 Å². The smallest absolute Gasteiger partial charge is 0.00501 e. The molecule has 0 bridgehead atoms. The van der Waals surface area contributed by atoms with Crippen LogP contribution in [0.3, 0.4) is 0 Å². The van der Waals surface area contributed by atoms with Crippen LogP contribution in [0.15, 0.2) is 0 Å². The summed E-state index contributed by atoms with van der Waals surface area (Å²) >= 11 is 0. The lowest BCUT2D eigenvalue weighted by Gasteiger charge is -2.46. The highest BCUT2D eigenvalue weighted by Gasteiger charge is 2.37. The first-order valence-electron chi connectivity index (χ1n) is 8.99. The van der Waals surface area contributed by atoms with Gasteiger partial charge in [0.05, 0.1) is 0 Å². The molecule has 0 aromatic carbocycles. The van der Waals surface area contributed by atoms with E-state index in [1.54, 1.807) is 0 Å². The maximum Gasteiger partial charge on any atom is 0.00501 e. The third-order valence-corrected chi connectivity index (χ3v) is 6.74. The van der Waals surface area contributed by atoms with Gasteiger partial charge >= 0.3 is 0 Å². The SMILES string of the molecule is CCC1(CC)CCN(CC2(CN)CCC(C)CC2)CC1. The molecule has 1 aliphatic carbocycles. The molecule has 2 rings (SSSR count). The first-order valence-corrected chi connectivity index (χ1v) is 8.99. The van der Waals surface area contributed by atoms with Gasteiger partial charge in [-0.3, -0.25) is 0 Å². The number of likely N-dealkylation sites (tertiary alicyclic amines) is 1. The van der Waals surface area contributed by atoms with Gasteiger partial charge in [0.1, 0.15) is 0 Å². The molecular weight excluding hydrogens is 244 g/mol. The van der Waals surface area contributed by atoms with E-state index in [1.165, 1.54) is 71.0 Å². The summed E-state index contributed by atoms with van der Waals surface area (Å²) in [7, 11) is 0. The van der Waals surface area contributed by atoms with E-state index >= 15 is 0 Å². The van der Waals surface area contributed by atoms with Gasteiger partial charge in [-0.1, -0.05) is 46.5 Å². The molecule has 2 heteroatoms. The van der Waals surface area contributed by atoms with Gasteiger partial charge < -0.3 is 10.6 Å². The van der Waals surface area contributed by atoms with E-state index in [1.807, 2.05) is 0 Å². The Labute approximate surface area is 126 Å². The molecule has 1 saturated carbocycles. The van der Waals surface area contributed by atoms with Gasteiger partial charge in [-0.15, -0.1) is 0 Å². The summed E-state index contributed by atoms with van der Waals surface area (Å²) in [6, 6.07) is 0. The molecule has 118 valence electrons. The fraction of sp³-hybridized carbons (Fsp3) is 1.00. The average molecular weight is 280 g/mol. The summed E-state index contributed by atoms with van der Waals surface area (Å²) < 4.78 is 0. The topological polar surface area (TPSA) is 29.3 Å². The molecule has 0 aromatic rings. The Morgan fingerprint density at radius 3 is 1.95 bits per heavy atom. The Hall–Kier alpha value is -0.0800. The van der Waals surface area contributed by atoms with Crippen molar-refractivity contribution in [2.75, 3.05) is 26.2 Å². The lowest BCUT2D eigenvalue weighted by molar-refractivity contribution is 0.0414. The van der Waals surface area contributed by atoms with Crippen LogP contribution in [0.4, 0.5) is 0 Å². The third kappa shape index (κ3) is 3.57. The molecule has 1 aliphatic heterocycles. The molecule has 0 aromatic heterocycles. The maximum atomic E-state index is 6.18. The number of hydrogen-bond acceptors (Lipinski definition) is 2. The molecule has 2 fully saturated rings. The standard InChI is InChI=1S/C18H36N2/c1-4-17(5-2)10-12-20(13-11-17)15-18(14-19)8-6-16(3)7-9-18/h16H,4-15,19H2,1-3H3. The van der Waals surface area contributed by atoms with Gasteiger partial charge in [0.25, 0.3) is 0 Å². The van der Waals surface area contributed by atoms with Crippen molar-refractivity contribution >= 4 is 0 Å². The van der Waals surface area contributed by atoms with Gasteiger partial charge in [0, 0.05) is 6.54 Å². The molecule has 0 amide bonds.